The first-order valence-electron chi connectivity index (χ1n) is 7.13. The van der Waals surface area contributed by atoms with Crippen LogP contribution in [0.3, 0.4) is 0 Å². The monoisotopic (exact) mass is 207 g/mol. The van der Waals surface area contributed by atoms with Crippen LogP contribution in [0.5, 0.6) is 0 Å². The normalized spacial score (nSPS) is 41.0. The third-order valence-corrected chi connectivity index (χ3v) is 4.96. The molecular weight excluding hydrogens is 182 g/mol. The average molecular weight is 207 g/mol. The Morgan fingerprint density at radius 1 is 1.13 bits per heavy atom. The first-order valence-corrected chi connectivity index (χ1v) is 7.13. The van der Waals surface area contributed by atoms with Crippen LogP contribution < -0.4 is 5.32 Å². The highest BCUT2D eigenvalue weighted by molar-refractivity contribution is 4.97. The Morgan fingerprint density at radius 3 is 2.53 bits per heavy atom. The van der Waals surface area contributed by atoms with Gasteiger partial charge in [-0.3, -0.25) is 0 Å². The van der Waals surface area contributed by atoms with E-state index in [9.17, 15) is 0 Å². The maximum Gasteiger partial charge on any atom is 0.0101 e. The molecule has 0 aromatic heterocycles. The van der Waals surface area contributed by atoms with Gasteiger partial charge in [0.15, 0.2) is 0 Å². The van der Waals surface area contributed by atoms with Crippen molar-refractivity contribution in [2.75, 3.05) is 0 Å². The van der Waals surface area contributed by atoms with Crippen LogP contribution in [0, 0.1) is 17.8 Å². The van der Waals surface area contributed by atoms with Gasteiger partial charge >= 0.3 is 0 Å². The lowest BCUT2D eigenvalue weighted by Gasteiger charge is -2.28. The molecule has 2 bridgehead atoms. The first-order chi connectivity index (χ1) is 7.36. The molecule has 3 saturated carbocycles. The molecule has 4 atom stereocenters. The van der Waals surface area contributed by atoms with Crippen molar-refractivity contribution in [1.82, 2.24) is 5.32 Å². The largest absolute Gasteiger partial charge is 0.311 e. The molecule has 0 amide bonds. The van der Waals surface area contributed by atoms with E-state index in [2.05, 4.69) is 12.2 Å². The minimum atomic E-state index is 0.874. The van der Waals surface area contributed by atoms with E-state index in [1.165, 1.54) is 44.9 Å². The second kappa shape index (κ2) is 4.08. The SMILES string of the molecule is CCCC(NC1CC2CCC1C2)C1CC1. The van der Waals surface area contributed by atoms with E-state index in [0.29, 0.717) is 0 Å². The van der Waals surface area contributed by atoms with Crippen LogP contribution in [0.1, 0.15) is 58.3 Å². The summed E-state index contributed by atoms with van der Waals surface area (Å²) < 4.78 is 0. The average Bonchev–Trinajstić information content (AvgIpc) is 2.89. The van der Waals surface area contributed by atoms with E-state index < -0.39 is 0 Å². The standard InChI is InChI=1S/C14H25N/c1-2-3-13(11-6-7-11)15-14-9-10-4-5-12(14)8-10/h10-15H,2-9H2,1H3. The van der Waals surface area contributed by atoms with E-state index in [0.717, 1.165) is 29.8 Å². The molecule has 0 aromatic rings. The van der Waals surface area contributed by atoms with Crippen molar-refractivity contribution >= 4 is 0 Å². The molecule has 3 aliphatic rings. The van der Waals surface area contributed by atoms with Crippen molar-refractivity contribution in [3.05, 3.63) is 0 Å². The Kier molecular flexibility index (Phi) is 2.76. The van der Waals surface area contributed by atoms with Gasteiger partial charge in [0.05, 0.1) is 0 Å². The molecule has 0 heterocycles. The predicted octanol–water partition coefficient (Wildman–Crippen LogP) is 3.34. The molecule has 0 aliphatic heterocycles. The Hall–Kier alpha value is -0.0400. The van der Waals surface area contributed by atoms with Gasteiger partial charge in [-0.2, -0.15) is 0 Å². The molecule has 86 valence electrons. The van der Waals surface area contributed by atoms with Crippen LogP contribution in [-0.4, -0.2) is 12.1 Å². The van der Waals surface area contributed by atoms with Crippen LogP contribution >= 0.6 is 0 Å². The van der Waals surface area contributed by atoms with Crippen molar-refractivity contribution in [2.24, 2.45) is 17.8 Å². The van der Waals surface area contributed by atoms with Gasteiger partial charge in [-0.15, -0.1) is 0 Å². The summed E-state index contributed by atoms with van der Waals surface area (Å²) in [6, 6.07) is 1.78. The minimum Gasteiger partial charge on any atom is -0.311 e. The fraction of sp³-hybridized carbons (Fsp3) is 1.00. The molecular formula is C14H25N. The Bertz CT molecular complexity index is 221. The van der Waals surface area contributed by atoms with E-state index >= 15 is 0 Å². The van der Waals surface area contributed by atoms with E-state index in [1.54, 1.807) is 6.42 Å². The zero-order chi connectivity index (χ0) is 10.3. The third-order valence-electron chi connectivity index (χ3n) is 4.96. The highest BCUT2D eigenvalue weighted by Gasteiger charge is 2.41. The maximum atomic E-state index is 4.01. The second-order valence-corrected chi connectivity index (χ2v) is 6.18. The number of hydrogen-bond donors (Lipinski definition) is 1. The van der Waals surface area contributed by atoms with Crippen LogP contribution in [-0.2, 0) is 0 Å². The lowest BCUT2D eigenvalue weighted by molar-refractivity contribution is 0.293. The number of fused-ring (bicyclic) bond motifs is 2. The third kappa shape index (κ3) is 2.08. The van der Waals surface area contributed by atoms with Gasteiger partial charge in [0.2, 0.25) is 0 Å². The maximum absolute atomic E-state index is 4.01. The molecule has 0 radical (unpaired) electrons. The van der Waals surface area contributed by atoms with Crippen LogP contribution in [0.4, 0.5) is 0 Å². The highest BCUT2D eigenvalue weighted by atomic mass is 15.0. The zero-order valence-electron chi connectivity index (χ0n) is 10.0. The van der Waals surface area contributed by atoms with Crippen molar-refractivity contribution in [2.45, 2.75) is 70.4 Å². The van der Waals surface area contributed by atoms with Crippen LogP contribution in [0.25, 0.3) is 0 Å². The Morgan fingerprint density at radius 2 is 2.00 bits per heavy atom. The summed E-state index contributed by atoms with van der Waals surface area (Å²) in [5.41, 5.74) is 0. The summed E-state index contributed by atoms with van der Waals surface area (Å²) in [6.45, 7) is 2.33. The van der Waals surface area contributed by atoms with Gasteiger partial charge in [-0.1, -0.05) is 19.8 Å². The van der Waals surface area contributed by atoms with Gasteiger partial charge < -0.3 is 5.32 Å². The fourth-order valence-electron chi connectivity index (χ4n) is 3.99. The summed E-state index contributed by atoms with van der Waals surface area (Å²) in [5.74, 6) is 3.19. The van der Waals surface area contributed by atoms with Crippen molar-refractivity contribution in [3.8, 4) is 0 Å². The smallest absolute Gasteiger partial charge is 0.0101 e. The fourth-order valence-corrected chi connectivity index (χ4v) is 3.99. The zero-order valence-corrected chi connectivity index (χ0v) is 10.0. The lowest BCUT2D eigenvalue weighted by atomic mass is 9.93. The second-order valence-electron chi connectivity index (χ2n) is 6.18. The number of nitrogens with one attached hydrogen (secondary N) is 1. The summed E-state index contributed by atoms with van der Waals surface area (Å²) >= 11 is 0. The van der Waals surface area contributed by atoms with Crippen molar-refractivity contribution in [3.63, 3.8) is 0 Å². The summed E-state index contributed by atoms with van der Waals surface area (Å²) in [7, 11) is 0. The quantitative estimate of drug-likeness (QED) is 0.729. The van der Waals surface area contributed by atoms with E-state index in [-0.39, 0.29) is 0 Å². The van der Waals surface area contributed by atoms with Crippen LogP contribution in [0.2, 0.25) is 0 Å². The first kappa shape index (κ1) is 10.1. The molecule has 4 unspecified atom stereocenters. The summed E-state index contributed by atoms with van der Waals surface area (Å²) in [6.07, 6.45) is 11.9. The van der Waals surface area contributed by atoms with Crippen molar-refractivity contribution in [1.29, 1.82) is 0 Å². The Balaban J connectivity index is 1.54. The molecule has 15 heavy (non-hydrogen) atoms. The van der Waals surface area contributed by atoms with Gasteiger partial charge in [0.25, 0.3) is 0 Å². The molecule has 0 saturated heterocycles. The molecule has 3 aliphatic carbocycles. The molecule has 3 fully saturated rings. The van der Waals surface area contributed by atoms with Gasteiger partial charge in [-0.25, -0.2) is 0 Å². The molecule has 1 N–H and O–H groups in total. The number of rotatable bonds is 5. The van der Waals surface area contributed by atoms with Gasteiger partial charge in [0, 0.05) is 12.1 Å². The molecule has 0 aromatic carbocycles. The summed E-state index contributed by atoms with van der Waals surface area (Å²) in [5, 5.41) is 4.01. The van der Waals surface area contributed by atoms with Gasteiger partial charge in [-0.05, 0) is 56.3 Å². The van der Waals surface area contributed by atoms with E-state index in [1.807, 2.05) is 0 Å². The molecule has 1 heteroatoms. The number of hydrogen-bond acceptors (Lipinski definition) is 1. The van der Waals surface area contributed by atoms with Crippen molar-refractivity contribution < 1.29 is 0 Å². The minimum absolute atomic E-state index is 0.874. The topological polar surface area (TPSA) is 12.0 Å². The Labute approximate surface area is 94.0 Å². The molecule has 1 nitrogen and oxygen atoms in total. The van der Waals surface area contributed by atoms with Gasteiger partial charge in [0.1, 0.15) is 0 Å². The van der Waals surface area contributed by atoms with Crippen LogP contribution in [0.15, 0.2) is 0 Å². The van der Waals surface area contributed by atoms with E-state index in [4.69, 9.17) is 0 Å². The molecule has 0 spiro atoms. The lowest BCUT2D eigenvalue weighted by Crippen LogP contribution is -2.42. The summed E-state index contributed by atoms with van der Waals surface area (Å²) in [4.78, 5) is 0. The predicted molar refractivity (Wildman–Crippen MR) is 63.8 cm³/mol. The highest BCUT2D eigenvalue weighted by Crippen LogP contribution is 2.45. The molecule has 3 rings (SSSR count).